The largest absolute Gasteiger partial charge is 0.312 e. The van der Waals surface area contributed by atoms with Gasteiger partial charge in [0.25, 0.3) is 0 Å². The minimum absolute atomic E-state index is 1.02. The van der Waals surface area contributed by atoms with Gasteiger partial charge in [0.15, 0.2) is 0 Å². The zero-order valence-corrected chi connectivity index (χ0v) is 17.2. The summed E-state index contributed by atoms with van der Waals surface area (Å²) in [4.78, 5) is 2.00. The summed E-state index contributed by atoms with van der Waals surface area (Å²) in [6.45, 7) is 4.79. The van der Waals surface area contributed by atoms with Crippen LogP contribution in [0.1, 0.15) is 110 Å². The van der Waals surface area contributed by atoms with Crippen molar-refractivity contribution in [3.63, 3.8) is 0 Å². The highest BCUT2D eigenvalue weighted by atomic mass is 15.0. The van der Waals surface area contributed by atoms with Gasteiger partial charge in [-0.05, 0) is 33.0 Å². The Morgan fingerprint density at radius 2 is 1.13 bits per heavy atom. The molecule has 0 heterocycles. The fourth-order valence-electron chi connectivity index (χ4n) is 3.72. The Balaban J connectivity index is 0.00000108. The minimum atomic E-state index is 1.02. The molecule has 0 bridgehead atoms. The van der Waals surface area contributed by atoms with Gasteiger partial charge in [-0.2, -0.15) is 0 Å². The van der Waals surface area contributed by atoms with Gasteiger partial charge in [0.05, 0.1) is 0 Å². The highest BCUT2D eigenvalue weighted by Crippen LogP contribution is 2.33. The molecule has 1 aliphatic carbocycles. The lowest BCUT2D eigenvalue weighted by atomic mass is 9.78. The third-order valence-electron chi connectivity index (χ3n) is 5.22. The van der Waals surface area contributed by atoms with Crippen molar-refractivity contribution >= 4 is 0 Å². The van der Waals surface area contributed by atoms with E-state index in [0.717, 1.165) is 11.8 Å². The monoisotopic (exact) mass is 325 g/mol. The van der Waals surface area contributed by atoms with Crippen LogP contribution in [0.3, 0.4) is 0 Å². The predicted molar refractivity (Wildman–Crippen MR) is 107 cm³/mol. The number of hydrogen-bond acceptors (Lipinski definition) is 1. The van der Waals surface area contributed by atoms with E-state index in [0.29, 0.717) is 0 Å². The summed E-state index contributed by atoms with van der Waals surface area (Å²) in [6, 6.07) is 0. The molecule has 0 spiro atoms. The van der Waals surface area contributed by atoms with E-state index in [1.54, 1.807) is 0 Å². The van der Waals surface area contributed by atoms with Crippen molar-refractivity contribution in [2.45, 2.75) is 110 Å². The van der Waals surface area contributed by atoms with Crippen LogP contribution >= 0.6 is 0 Å². The summed E-state index contributed by atoms with van der Waals surface area (Å²) < 4.78 is 0. The summed E-state index contributed by atoms with van der Waals surface area (Å²) in [5.74, 6) is 2.09. The van der Waals surface area contributed by atoms with Crippen LogP contribution in [0.25, 0.3) is 0 Å². The van der Waals surface area contributed by atoms with E-state index in [1.807, 2.05) is 26.0 Å². The van der Waals surface area contributed by atoms with E-state index in [4.69, 9.17) is 0 Å². The first kappa shape index (κ1) is 23.0. The molecule has 1 rings (SSSR count). The predicted octanol–water partition coefficient (Wildman–Crippen LogP) is 7.30. The second-order valence-electron chi connectivity index (χ2n) is 8.33. The molecular formula is C22H47N. The maximum Gasteiger partial charge on any atom is -0.0140 e. The number of nitrogens with zero attached hydrogens (tertiary/aromatic N) is 1. The van der Waals surface area contributed by atoms with Crippen LogP contribution in [-0.4, -0.2) is 26.0 Å². The Morgan fingerprint density at radius 1 is 0.696 bits per heavy atom. The van der Waals surface area contributed by atoms with E-state index >= 15 is 0 Å². The Hall–Kier alpha value is -0.0400. The zero-order valence-electron chi connectivity index (χ0n) is 17.2. The maximum atomic E-state index is 2.49. The second-order valence-corrected chi connectivity index (χ2v) is 8.33. The molecule has 23 heavy (non-hydrogen) atoms. The van der Waals surface area contributed by atoms with Crippen molar-refractivity contribution in [3.8, 4) is 0 Å². The summed E-state index contributed by atoms with van der Waals surface area (Å²) in [5, 5.41) is 0. The van der Waals surface area contributed by atoms with E-state index in [-0.39, 0.29) is 0 Å². The fraction of sp³-hybridized carbons (Fsp3) is 1.00. The second kappa shape index (κ2) is 16.8. The summed E-state index contributed by atoms with van der Waals surface area (Å²) >= 11 is 0. The van der Waals surface area contributed by atoms with Crippen molar-refractivity contribution < 1.29 is 0 Å². The van der Waals surface area contributed by atoms with Crippen molar-refractivity contribution in [2.75, 3.05) is 21.1 Å². The molecule has 0 aromatic carbocycles. The minimum Gasteiger partial charge on any atom is -0.312 e. The van der Waals surface area contributed by atoms with Crippen LogP contribution in [-0.2, 0) is 0 Å². The molecule has 0 aromatic rings. The lowest BCUT2D eigenvalue weighted by Crippen LogP contribution is -2.16. The average molecular weight is 326 g/mol. The van der Waals surface area contributed by atoms with Crippen LogP contribution in [0.15, 0.2) is 0 Å². The zero-order chi connectivity index (χ0) is 17.3. The van der Waals surface area contributed by atoms with Gasteiger partial charge in [0, 0.05) is 0 Å². The molecule has 2 atom stereocenters. The van der Waals surface area contributed by atoms with Gasteiger partial charge in [0.2, 0.25) is 0 Å². The van der Waals surface area contributed by atoms with Gasteiger partial charge in [-0.15, -0.1) is 0 Å². The van der Waals surface area contributed by atoms with E-state index in [1.165, 1.54) is 96.3 Å². The lowest BCUT2D eigenvalue weighted by molar-refractivity contribution is 0.236. The van der Waals surface area contributed by atoms with Crippen molar-refractivity contribution in [1.82, 2.24) is 4.90 Å². The fourth-order valence-corrected chi connectivity index (χ4v) is 3.72. The van der Waals surface area contributed by atoms with Gasteiger partial charge in [-0.25, -0.2) is 0 Å². The van der Waals surface area contributed by atoms with Crippen LogP contribution in [0.5, 0.6) is 0 Å². The van der Waals surface area contributed by atoms with Crippen LogP contribution < -0.4 is 0 Å². The van der Waals surface area contributed by atoms with Gasteiger partial charge in [0.1, 0.15) is 0 Å². The molecule has 0 radical (unpaired) electrons. The quantitative estimate of drug-likeness (QED) is 0.360. The molecule has 1 nitrogen and oxygen atoms in total. The molecule has 0 aliphatic heterocycles. The molecular weight excluding hydrogens is 278 g/mol. The molecule has 2 unspecified atom stereocenters. The summed E-state index contributed by atoms with van der Waals surface area (Å²) in [5.41, 5.74) is 0. The number of unbranched alkanes of at least 4 members (excludes halogenated alkanes) is 9. The first-order valence-corrected chi connectivity index (χ1v) is 10.7. The standard InChI is InChI=1S/C19H38.C3H9N/c1-3-4-5-6-7-8-9-10-11-12-16-19-17-14-13-15-18(19)2;1-4(2)3/h18-19H,3-17H2,1-2H3;1-3H3. The first-order valence-electron chi connectivity index (χ1n) is 10.7. The molecule has 1 heteroatoms. The Bertz CT molecular complexity index is 221. The Kier molecular flexibility index (Phi) is 16.8. The van der Waals surface area contributed by atoms with E-state index in [9.17, 15) is 0 Å². The average Bonchev–Trinajstić information content (AvgIpc) is 2.50. The molecule has 0 amide bonds. The number of hydrogen-bond donors (Lipinski definition) is 0. The third-order valence-corrected chi connectivity index (χ3v) is 5.22. The topological polar surface area (TPSA) is 3.24 Å². The highest BCUT2D eigenvalue weighted by Gasteiger charge is 2.20. The van der Waals surface area contributed by atoms with Crippen LogP contribution in [0, 0.1) is 11.8 Å². The van der Waals surface area contributed by atoms with Crippen molar-refractivity contribution in [3.05, 3.63) is 0 Å². The summed E-state index contributed by atoms with van der Waals surface area (Å²) in [6.07, 6.45) is 22.3. The van der Waals surface area contributed by atoms with Crippen molar-refractivity contribution in [1.29, 1.82) is 0 Å². The first-order chi connectivity index (χ1) is 11.1. The van der Waals surface area contributed by atoms with Crippen LogP contribution in [0.2, 0.25) is 0 Å². The smallest absolute Gasteiger partial charge is 0.0140 e. The Morgan fingerprint density at radius 3 is 1.61 bits per heavy atom. The third kappa shape index (κ3) is 16.6. The normalized spacial score (nSPS) is 21.1. The molecule has 1 aliphatic rings. The molecule has 0 N–H and O–H groups in total. The van der Waals surface area contributed by atoms with E-state index in [2.05, 4.69) is 13.8 Å². The maximum absolute atomic E-state index is 2.49. The van der Waals surface area contributed by atoms with Gasteiger partial charge < -0.3 is 4.90 Å². The van der Waals surface area contributed by atoms with Gasteiger partial charge in [-0.1, -0.05) is 110 Å². The SMILES string of the molecule is CCCCCCCCCCCCC1CCCCC1C.CN(C)C. The molecule has 140 valence electrons. The lowest BCUT2D eigenvalue weighted by Gasteiger charge is -2.28. The van der Waals surface area contributed by atoms with Crippen LogP contribution in [0.4, 0.5) is 0 Å². The van der Waals surface area contributed by atoms with Gasteiger partial charge >= 0.3 is 0 Å². The highest BCUT2D eigenvalue weighted by molar-refractivity contribution is 4.72. The Labute approximate surface area is 148 Å². The number of rotatable bonds is 11. The van der Waals surface area contributed by atoms with E-state index < -0.39 is 0 Å². The molecule has 1 fully saturated rings. The molecule has 0 aromatic heterocycles. The molecule has 1 saturated carbocycles. The van der Waals surface area contributed by atoms with Crippen molar-refractivity contribution in [2.24, 2.45) is 11.8 Å². The van der Waals surface area contributed by atoms with Gasteiger partial charge in [-0.3, -0.25) is 0 Å². The summed E-state index contributed by atoms with van der Waals surface area (Å²) in [7, 11) is 6.00. The molecule has 0 saturated heterocycles.